The number of aromatic nitrogens is 1. The molecule has 106 valence electrons. The van der Waals surface area contributed by atoms with Crippen molar-refractivity contribution in [2.75, 3.05) is 7.11 Å². The van der Waals surface area contributed by atoms with Gasteiger partial charge in [-0.05, 0) is 30.4 Å². The highest BCUT2D eigenvalue weighted by atomic mass is 16.5. The van der Waals surface area contributed by atoms with Crippen LogP contribution >= 0.6 is 0 Å². The summed E-state index contributed by atoms with van der Waals surface area (Å²) in [6.07, 6.45) is 2.41. The van der Waals surface area contributed by atoms with Crippen LogP contribution in [0.4, 0.5) is 0 Å². The van der Waals surface area contributed by atoms with E-state index in [-0.39, 0.29) is 5.97 Å². The fraction of sp³-hybridized carbons (Fsp3) is 0.438. The van der Waals surface area contributed by atoms with E-state index >= 15 is 0 Å². The second kappa shape index (κ2) is 4.94. The molecule has 1 heterocycles. The first-order chi connectivity index (χ1) is 9.68. The fourth-order valence-corrected chi connectivity index (χ4v) is 3.31. The van der Waals surface area contributed by atoms with Gasteiger partial charge in [0.05, 0.1) is 13.2 Å². The number of rotatable bonds is 2. The number of ether oxygens (including phenoxy) is 1. The summed E-state index contributed by atoms with van der Waals surface area (Å²) in [4.78, 5) is 15.7. The quantitative estimate of drug-likeness (QED) is 0.826. The average molecular weight is 273 g/mol. The van der Waals surface area contributed by atoms with Crippen LogP contribution in [0.5, 0.6) is 0 Å². The third kappa shape index (κ3) is 1.83. The van der Waals surface area contributed by atoms with Crippen LogP contribution in [-0.4, -0.2) is 29.3 Å². The number of para-hydroxylation sites is 1. The third-order valence-corrected chi connectivity index (χ3v) is 4.43. The molecule has 0 spiro atoms. The number of methoxy groups -OCH3 is 1. The van der Waals surface area contributed by atoms with Gasteiger partial charge in [0.2, 0.25) is 0 Å². The molecule has 1 aromatic heterocycles. The number of benzene rings is 1. The lowest BCUT2D eigenvalue weighted by Crippen LogP contribution is -2.49. The number of aliphatic hydroxyl groups excluding tert-OH is 1. The van der Waals surface area contributed by atoms with E-state index in [1.54, 1.807) is 0 Å². The second-order valence-corrected chi connectivity index (χ2v) is 5.49. The number of fused-ring (bicyclic) bond motifs is 1. The summed E-state index contributed by atoms with van der Waals surface area (Å²) in [5.74, 6) is -0.351. The van der Waals surface area contributed by atoms with Crippen LogP contribution in [0.25, 0.3) is 10.9 Å². The number of aromatic amines is 1. The third-order valence-electron chi connectivity index (χ3n) is 4.43. The standard InChI is InChI=1S/C16H19NO3/c1-20-15(19)16(9-5-4-8-14(16)18)13-10-11-6-2-3-7-12(11)17-13/h2-3,6-7,10,14,17-18H,4-5,8-9H2,1H3/t14-,16+/m1/s1. The van der Waals surface area contributed by atoms with Crippen molar-refractivity contribution in [2.24, 2.45) is 0 Å². The molecule has 0 unspecified atom stereocenters. The van der Waals surface area contributed by atoms with Gasteiger partial charge in [-0.15, -0.1) is 0 Å². The summed E-state index contributed by atoms with van der Waals surface area (Å²) >= 11 is 0. The van der Waals surface area contributed by atoms with E-state index in [9.17, 15) is 9.90 Å². The Kier molecular flexibility index (Phi) is 3.26. The van der Waals surface area contributed by atoms with E-state index in [0.29, 0.717) is 12.8 Å². The molecule has 4 heteroatoms. The molecule has 2 N–H and O–H groups in total. The smallest absolute Gasteiger partial charge is 0.320 e. The number of nitrogens with one attached hydrogen (secondary N) is 1. The zero-order valence-corrected chi connectivity index (χ0v) is 11.6. The van der Waals surface area contributed by atoms with Crippen molar-refractivity contribution in [1.82, 2.24) is 4.98 Å². The number of H-pyrrole nitrogens is 1. The highest BCUT2D eigenvalue weighted by molar-refractivity contribution is 5.88. The van der Waals surface area contributed by atoms with Gasteiger partial charge in [-0.1, -0.05) is 31.0 Å². The number of hydrogen-bond acceptors (Lipinski definition) is 3. The van der Waals surface area contributed by atoms with Gasteiger partial charge in [0.1, 0.15) is 5.41 Å². The Balaban J connectivity index is 2.15. The molecule has 3 rings (SSSR count). The average Bonchev–Trinajstić information content (AvgIpc) is 2.91. The first-order valence-electron chi connectivity index (χ1n) is 7.03. The molecule has 1 aliphatic carbocycles. The first kappa shape index (κ1) is 13.2. The van der Waals surface area contributed by atoms with Crippen LogP contribution in [0, 0.1) is 0 Å². The van der Waals surface area contributed by atoms with E-state index in [0.717, 1.165) is 29.4 Å². The summed E-state index contributed by atoms with van der Waals surface area (Å²) in [7, 11) is 1.38. The Morgan fingerprint density at radius 2 is 2.20 bits per heavy atom. The number of aliphatic hydroxyl groups is 1. The second-order valence-electron chi connectivity index (χ2n) is 5.49. The zero-order valence-electron chi connectivity index (χ0n) is 11.6. The molecule has 1 aromatic carbocycles. The van der Waals surface area contributed by atoms with Crippen LogP contribution in [0.2, 0.25) is 0 Å². The lowest BCUT2D eigenvalue weighted by Gasteiger charge is -2.38. The number of hydrogen-bond donors (Lipinski definition) is 2. The molecule has 2 atom stereocenters. The lowest BCUT2D eigenvalue weighted by molar-refractivity contribution is -0.155. The largest absolute Gasteiger partial charge is 0.468 e. The normalized spacial score (nSPS) is 26.6. The van der Waals surface area contributed by atoms with E-state index in [1.165, 1.54) is 7.11 Å². The van der Waals surface area contributed by atoms with Gasteiger partial charge in [0.25, 0.3) is 0 Å². The van der Waals surface area contributed by atoms with E-state index in [2.05, 4.69) is 4.98 Å². The van der Waals surface area contributed by atoms with Gasteiger partial charge >= 0.3 is 5.97 Å². The molecule has 0 amide bonds. The predicted molar refractivity (Wildman–Crippen MR) is 76.5 cm³/mol. The van der Waals surface area contributed by atoms with Crippen molar-refractivity contribution in [1.29, 1.82) is 0 Å². The highest BCUT2D eigenvalue weighted by Gasteiger charge is 2.50. The molecular formula is C16H19NO3. The molecule has 4 nitrogen and oxygen atoms in total. The van der Waals surface area contributed by atoms with Crippen molar-refractivity contribution >= 4 is 16.9 Å². The molecule has 0 saturated heterocycles. The summed E-state index contributed by atoms with van der Waals surface area (Å²) in [5, 5.41) is 11.5. The van der Waals surface area contributed by atoms with Crippen LogP contribution < -0.4 is 0 Å². The van der Waals surface area contributed by atoms with E-state index in [1.807, 2.05) is 30.3 Å². The maximum atomic E-state index is 12.4. The van der Waals surface area contributed by atoms with Crippen LogP contribution in [-0.2, 0) is 14.9 Å². The SMILES string of the molecule is COC(=O)[C@]1(c2cc3ccccc3[nH]2)CCCC[C@H]1O. The predicted octanol–water partition coefficient (Wildman–Crippen LogP) is 2.51. The maximum absolute atomic E-state index is 12.4. The van der Waals surface area contributed by atoms with Gasteiger partial charge in [0, 0.05) is 11.2 Å². The summed E-state index contributed by atoms with van der Waals surface area (Å²) in [5.41, 5.74) is 0.785. The Morgan fingerprint density at radius 3 is 2.90 bits per heavy atom. The number of carbonyl (C=O) groups excluding carboxylic acids is 1. The van der Waals surface area contributed by atoms with Crippen molar-refractivity contribution in [3.63, 3.8) is 0 Å². The molecule has 20 heavy (non-hydrogen) atoms. The van der Waals surface area contributed by atoms with Gasteiger partial charge in [-0.25, -0.2) is 0 Å². The number of carbonyl (C=O) groups is 1. The van der Waals surface area contributed by atoms with Crippen LogP contribution in [0.3, 0.4) is 0 Å². The van der Waals surface area contributed by atoms with E-state index < -0.39 is 11.5 Å². The van der Waals surface area contributed by atoms with E-state index in [4.69, 9.17) is 4.74 Å². The molecule has 2 aromatic rings. The van der Waals surface area contributed by atoms with Gasteiger partial charge in [-0.3, -0.25) is 4.79 Å². The minimum absolute atomic E-state index is 0.351. The molecule has 0 radical (unpaired) electrons. The Labute approximate surface area is 117 Å². The maximum Gasteiger partial charge on any atom is 0.320 e. The van der Waals surface area contributed by atoms with Gasteiger partial charge in [-0.2, -0.15) is 0 Å². The lowest BCUT2D eigenvalue weighted by atomic mass is 9.69. The minimum atomic E-state index is -0.952. The van der Waals surface area contributed by atoms with Gasteiger partial charge < -0.3 is 14.8 Å². The molecule has 0 aliphatic heterocycles. The van der Waals surface area contributed by atoms with Crippen molar-refractivity contribution in [2.45, 2.75) is 37.2 Å². The van der Waals surface area contributed by atoms with Gasteiger partial charge in [0.15, 0.2) is 0 Å². The summed E-state index contributed by atoms with van der Waals surface area (Å²) in [6.45, 7) is 0. The zero-order chi connectivity index (χ0) is 14.2. The monoisotopic (exact) mass is 273 g/mol. The first-order valence-corrected chi connectivity index (χ1v) is 7.03. The molecule has 1 saturated carbocycles. The topological polar surface area (TPSA) is 62.3 Å². The van der Waals surface area contributed by atoms with Crippen LogP contribution in [0.1, 0.15) is 31.4 Å². The molecular weight excluding hydrogens is 254 g/mol. The number of esters is 1. The molecule has 0 bridgehead atoms. The van der Waals surface area contributed by atoms with Crippen molar-refractivity contribution < 1.29 is 14.6 Å². The van der Waals surface area contributed by atoms with Crippen molar-refractivity contribution in [3.05, 3.63) is 36.0 Å². The fourth-order valence-electron chi connectivity index (χ4n) is 3.31. The highest BCUT2D eigenvalue weighted by Crippen LogP contribution is 2.41. The molecule has 1 aliphatic rings. The Hall–Kier alpha value is -1.81. The Bertz CT molecular complexity index is 600. The Morgan fingerprint density at radius 1 is 1.40 bits per heavy atom. The molecule has 1 fully saturated rings. The summed E-state index contributed by atoms with van der Waals surface area (Å²) in [6, 6.07) is 9.84. The van der Waals surface area contributed by atoms with Crippen molar-refractivity contribution in [3.8, 4) is 0 Å². The van der Waals surface area contributed by atoms with Crippen LogP contribution in [0.15, 0.2) is 30.3 Å². The summed E-state index contributed by atoms with van der Waals surface area (Å²) < 4.78 is 4.99. The minimum Gasteiger partial charge on any atom is -0.468 e.